The lowest BCUT2D eigenvalue weighted by atomic mass is 10.3. The van der Waals surface area contributed by atoms with Gasteiger partial charge in [-0.15, -0.1) is 0 Å². The molecule has 0 unspecified atom stereocenters. The van der Waals surface area contributed by atoms with Crippen LogP contribution in [-0.4, -0.2) is 108 Å². The number of hydrogen-bond donors (Lipinski definition) is 5. The Kier molecular flexibility index (Phi) is 13.6. The standard InChI is InChI=1S/C15H30N4O6/c1-2-3-16-4-6-18(11-14(22)23)8-9-19(12-15(24)25)7-5-17-10-13(20)21/h16-17H,2-12H2,1H3,(H,20,21)(H,22,23)(H,24,25). The number of aliphatic carboxylic acids is 3. The Hall–Kier alpha value is -1.75. The van der Waals surface area contributed by atoms with Crippen LogP contribution in [0.4, 0.5) is 0 Å². The van der Waals surface area contributed by atoms with E-state index in [9.17, 15) is 14.4 Å². The van der Waals surface area contributed by atoms with Gasteiger partial charge in [0.1, 0.15) is 0 Å². The highest BCUT2D eigenvalue weighted by Crippen LogP contribution is 1.93. The van der Waals surface area contributed by atoms with Gasteiger partial charge in [0.2, 0.25) is 0 Å². The fourth-order valence-corrected chi connectivity index (χ4v) is 2.18. The van der Waals surface area contributed by atoms with Crippen LogP contribution in [0.1, 0.15) is 13.3 Å². The summed E-state index contributed by atoms with van der Waals surface area (Å²) in [6.07, 6.45) is 0.995. The molecule has 0 aliphatic carbocycles. The number of carbonyl (C=O) groups is 3. The van der Waals surface area contributed by atoms with E-state index in [0.717, 1.165) is 13.0 Å². The highest BCUT2D eigenvalue weighted by molar-refractivity contribution is 5.69. The van der Waals surface area contributed by atoms with Gasteiger partial charge in [-0.05, 0) is 13.0 Å². The predicted octanol–water partition coefficient (Wildman–Crippen LogP) is -1.57. The first-order chi connectivity index (χ1) is 11.8. The molecule has 10 heteroatoms. The third kappa shape index (κ3) is 15.5. The zero-order chi connectivity index (χ0) is 19.1. The first-order valence-electron chi connectivity index (χ1n) is 8.36. The molecule has 0 bridgehead atoms. The highest BCUT2D eigenvalue weighted by atomic mass is 16.4. The van der Waals surface area contributed by atoms with Gasteiger partial charge in [-0.25, -0.2) is 0 Å². The number of carboxylic acid groups (broad SMARTS) is 3. The molecule has 0 aromatic carbocycles. The predicted molar refractivity (Wildman–Crippen MR) is 91.8 cm³/mol. The summed E-state index contributed by atoms with van der Waals surface area (Å²) in [7, 11) is 0. The summed E-state index contributed by atoms with van der Waals surface area (Å²) < 4.78 is 0. The lowest BCUT2D eigenvalue weighted by Gasteiger charge is -2.26. The quantitative estimate of drug-likeness (QED) is 0.193. The number of carboxylic acids is 3. The fourth-order valence-electron chi connectivity index (χ4n) is 2.18. The second-order valence-corrected chi connectivity index (χ2v) is 5.66. The van der Waals surface area contributed by atoms with Crippen LogP contribution in [-0.2, 0) is 14.4 Å². The minimum Gasteiger partial charge on any atom is -0.480 e. The summed E-state index contributed by atoms with van der Waals surface area (Å²) in [5.74, 6) is -2.88. The molecule has 0 spiro atoms. The topological polar surface area (TPSA) is 142 Å². The molecule has 0 aliphatic heterocycles. The maximum atomic E-state index is 11.0. The average Bonchev–Trinajstić information content (AvgIpc) is 2.51. The van der Waals surface area contributed by atoms with E-state index in [2.05, 4.69) is 10.6 Å². The Morgan fingerprint density at radius 1 is 0.720 bits per heavy atom. The van der Waals surface area contributed by atoms with Crippen molar-refractivity contribution < 1.29 is 29.7 Å². The van der Waals surface area contributed by atoms with Gasteiger partial charge in [0.25, 0.3) is 0 Å². The smallest absolute Gasteiger partial charge is 0.317 e. The van der Waals surface area contributed by atoms with Crippen LogP contribution in [0.15, 0.2) is 0 Å². The Balaban J connectivity index is 4.35. The molecule has 0 saturated heterocycles. The molecule has 0 heterocycles. The molecule has 0 saturated carbocycles. The van der Waals surface area contributed by atoms with E-state index in [1.165, 1.54) is 0 Å². The molecule has 0 aromatic rings. The third-order valence-electron chi connectivity index (χ3n) is 3.36. The summed E-state index contributed by atoms with van der Waals surface area (Å²) in [5, 5.41) is 32.4. The van der Waals surface area contributed by atoms with Crippen molar-refractivity contribution in [1.82, 2.24) is 20.4 Å². The average molecular weight is 362 g/mol. The van der Waals surface area contributed by atoms with Gasteiger partial charge in [-0.2, -0.15) is 0 Å². The van der Waals surface area contributed by atoms with Crippen LogP contribution in [0.25, 0.3) is 0 Å². The first kappa shape index (κ1) is 23.2. The molecule has 0 atom stereocenters. The Morgan fingerprint density at radius 2 is 1.20 bits per heavy atom. The van der Waals surface area contributed by atoms with E-state index in [4.69, 9.17) is 15.3 Å². The van der Waals surface area contributed by atoms with Crippen LogP contribution in [0.3, 0.4) is 0 Å². The number of hydrogen-bond acceptors (Lipinski definition) is 7. The van der Waals surface area contributed by atoms with E-state index >= 15 is 0 Å². The van der Waals surface area contributed by atoms with Gasteiger partial charge < -0.3 is 26.0 Å². The van der Waals surface area contributed by atoms with E-state index in [0.29, 0.717) is 39.3 Å². The molecular formula is C15H30N4O6. The van der Waals surface area contributed by atoms with Crippen molar-refractivity contribution in [2.75, 3.05) is 65.4 Å². The van der Waals surface area contributed by atoms with Crippen LogP contribution in [0.2, 0.25) is 0 Å². The van der Waals surface area contributed by atoms with E-state index < -0.39 is 17.9 Å². The lowest BCUT2D eigenvalue weighted by Crippen LogP contribution is -2.44. The lowest BCUT2D eigenvalue weighted by molar-refractivity contribution is -0.140. The van der Waals surface area contributed by atoms with Crippen molar-refractivity contribution in [2.24, 2.45) is 0 Å². The van der Waals surface area contributed by atoms with Crippen molar-refractivity contribution in [3.63, 3.8) is 0 Å². The molecule has 5 N–H and O–H groups in total. The van der Waals surface area contributed by atoms with Crippen molar-refractivity contribution in [2.45, 2.75) is 13.3 Å². The molecule has 146 valence electrons. The van der Waals surface area contributed by atoms with E-state index in [1.807, 2.05) is 6.92 Å². The Morgan fingerprint density at radius 3 is 1.60 bits per heavy atom. The summed E-state index contributed by atoms with van der Waals surface area (Å²) in [4.78, 5) is 35.8. The zero-order valence-electron chi connectivity index (χ0n) is 14.7. The maximum absolute atomic E-state index is 11.0. The van der Waals surface area contributed by atoms with Crippen molar-refractivity contribution >= 4 is 17.9 Å². The largest absolute Gasteiger partial charge is 0.480 e. The van der Waals surface area contributed by atoms with E-state index in [1.54, 1.807) is 9.80 Å². The Labute approximate surface area is 147 Å². The molecule has 0 amide bonds. The number of rotatable bonds is 17. The summed E-state index contributed by atoms with van der Waals surface area (Å²) in [5.41, 5.74) is 0. The number of nitrogens with one attached hydrogen (secondary N) is 2. The fraction of sp³-hybridized carbons (Fsp3) is 0.800. The highest BCUT2D eigenvalue weighted by Gasteiger charge is 2.14. The van der Waals surface area contributed by atoms with Crippen molar-refractivity contribution in [3.05, 3.63) is 0 Å². The van der Waals surface area contributed by atoms with Gasteiger partial charge in [-0.1, -0.05) is 6.92 Å². The number of nitrogens with zero attached hydrogens (tertiary/aromatic N) is 2. The normalized spacial score (nSPS) is 11.2. The van der Waals surface area contributed by atoms with Crippen LogP contribution >= 0.6 is 0 Å². The minimum absolute atomic E-state index is 0.105. The van der Waals surface area contributed by atoms with Gasteiger partial charge >= 0.3 is 17.9 Å². The van der Waals surface area contributed by atoms with Crippen LogP contribution in [0.5, 0.6) is 0 Å². The first-order valence-corrected chi connectivity index (χ1v) is 8.36. The van der Waals surface area contributed by atoms with Gasteiger partial charge in [-0.3, -0.25) is 24.2 Å². The minimum atomic E-state index is -0.979. The molecule has 0 aliphatic rings. The molecule has 0 aromatic heterocycles. The monoisotopic (exact) mass is 362 g/mol. The second kappa shape index (κ2) is 14.6. The van der Waals surface area contributed by atoms with Crippen LogP contribution < -0.4 is 10.6 Å². The van der Waals surface area contributed by atoms with E-state index in [-0.39, 0.29) is 19.6 Å². The van der Waals surface area contributed by atoms with Crippen molar-refractivity contribution in [1.29, 1.82) is 0 Å². The second-order valence-electron chi connectivity index (χ2n) is 5.66. The van der Waals surface area contributed by atoms with Crippen LogP contribution in [0, 0.1) is 0 Å². The molecule has 25 heavy (non-hydrogen) atoms. The summed E-state index contributed by atoms with van der Waals surface area (Å²) in [6, 6.07) is 0. The molecular weight excluding hydrogens is 332 g/mol. The van der Waals surface area contributed by atoms with Gasteiger partial charge in [0, 0.05) is 39.3 Å². The molecule has 0 rings (SSSR count). The van der Waals surface area contributed by atoms with Gasteiger partial charge in [0.05, 0.1) is 19.6 Å². The maximum Gasteiger partial charge on any atom is 0.317 e. The third-order valence-corrected chi connectivity index (χ3v) is 3.36. The zero-order valence-corrected chi connectivity index (χ0v) is 14.7. The molecule has 0 fully saturated rings. The Bertz CT molecular complexity index is 407. The van der Waals surface area contributed by atoms with Crippen molar-refractivity contribution in [3.8, 4) is 0 Å². The molecule has 0 radical (unpaired) electrons. The SMILES string of the molecule is CCCNCCN(CCN(CCNCC(=O)O)CC(=O)O)CC(=O)O. The molecule has 10 nitrogen and oxygen atoms in total. The van der Waals surface area contributed by atoms with Gasteiger partial charge in [0.15, 0.2) is 0 Å². The summed E-state index contributed by atoms with van der Waals surface area (Å²) >= 11 is 0. The summed E-state index contributed by atoms with van der Waals surface area (Å²) in [6.45, 7) is 5.20.